The van der Waals surface area contributed by atoms with Crippen LogP contribution in [0.4, 0.5) is 0 Å². The number of nitrogens with one attached hydrogen (secondary N) is 1. The van der Waals surface area contributed by atoms with Crippen LogP contribution >= 0.6 is 0 Å². The number of hydrogen-bond donors (Lipinski definition) is 1. The molecule has 0 saturated heterocycles. The van der Waals surface area contributed by atoms with E-state index in [1.165, 1.54) is 27.2 Å². The Morgan fingerprint density at radius 2 is 1.84 bits per heavy atom. The molecule has 1 N–H and O–H groups in total. The van der Waals surface area contributed by atoms with E-state index in [0.717, 1.165) is 0 Å². The molecule has 1 rings (SSSR count). The van der Waals surface area contributed by atoms with Crippen LogP contribution in [0, 0.1) is 5.92 Å². The molecular weight excluding hydrogens is 326 g/mol. The predicted octanol–water partition coefficient (Wildman–Crippen LogP) is 2.04. The Bertz CT molecular complexity index is 573. The van der Waals surface area contributed by atoms with Gasteiger partial charge in [0.05, 0.1) is 25.9 Å². The third kappa shape index (κ3) is 7.01. The van der Waals surface area contributed by atoms with E-state index < -0.39 is 12.1 Å². The fraction of sp³-hybridized carbons (Fsp3) is 0.556. The van der Waals surface area contributed by atoms with Crippen molar-refractivity contribution in [2.45, 2.75) is 26.9 Å². The lowest BCUT2D eigenvalue weighted by molar-refractivity contribution is -0.129. The number of benzene rings is 1. The molecule has 1 aromatic rings. The number of esters is 1. The van der Waals surface area contributed by atoms with Gasteiger partial charge in [0.1, 0.15) is 0 Å². The van der Waals surface area contributed by atoms with E-state index in [9.17, 15) is 9.59 Å². The maximum absolute atomic E-state index is 12.2. The number of ether oxygens (including phenoxy) is 4. The average molecular weight is 353 g/mol. The molecule has 0 heterocycles. The largest absolute Gasteiger partial charge is 0.493 e. The lowest BCUT2D eigenvalue weighted by Crippen LogP contribution is -2.37. The molecule has 0 aromatic heterocycles. The van der Waals surface area contributed by atoms with Gasteiger partial charge in [-0.2, -0.15) is 0 Å². The van der Waals surface area contributed by atoms with E-state index in [1.54, 1.807) is 12.1 Å². The molecule has 140 valence electrons. The van der Waals surface area contributed by atoms with Crippen LogP contribution in [0.2, 0.25) is 0 Å². The molecule has 0 saturated carbocycles. The van der Waals surface area contributed by atoms with E-state index in [-0.39, 0.29) is 11.5 Å². The number of carbonyl (C=O) groups is 2. The first-order chi connectivity index (χ1) is 11.9. The second-order valence-electron chi connectivity index (χ2n) is 5.90. The summed E-state index contributed by atoms with van der Waals surface area (Å²) < 4.78 is 20.9. The van der Waals surface area contributed by atoms with Crippen LogP contribution < -0.4 is 14.8 Å². The average Bonchev–Trinajstić information content (AvgIpc) is 2.59. The lowest BCUT2D eigenvalue weighted by atomic mass is 10.2. The first-order valence-electron chi connectivity index (χ1n) is 8.17. The Morgan fingerprint density at radius 1 is 1.12 bits per heavy atom. The van der Waals surface area contributed by atoms with Gasteiger partial charge in [-0.3, -0.25) is 4.79 Å². The van der Waals surface area contributed by atoms with Crippen LogP contribution in [-0.2, 0) is 14.3 Å². The van der Waals surface area contributed by atoms with Crippen LogP contribution in [0.15, 0.2) is 18.2 Å². The fourth-order valence-electron chi connectivity index (χ4n) is 1.87. The summed E-state index contributed by atoms with van der Waals surface area (Å²) in [7, 11) is 3.04. The minimum Gasteiger partial charge on any atom is -0.493 e. The van der Waals surface area contributed by atoms with Crippen molar-refractivity contribution in [1.29, 1.82) is 0 Å². The summed E-state index contributed by atoms with van der Waals surface area (Å²) in [5.74, 6) is 0.370. The van der Waals surface area contributed by atoms with Gasteiger partial charge >= 0.3 is 5.97 Å². The molecule has 0 radical (unpaired) electrons. The summed E-state index contributed by atoms with van der Waals surface area (Å²) in [6.07, 6.45) is -0.910. The number of carbonyl (C=O) groups excluding carboxylic acids is 2. The second kappa shape index (κ2) is 10.6. The van der Waals surface area contributed by atoms with E-state index in [1.807, 2.05) is 13.8 Å². The summed E-state index contributed by atoms with van der Waals surface area (Å²) in [4.78, 5) is 24.0. The van der Waals surface area contributed by atoms with Crippen LogP contribution in [0.25, 0.3) is 0 Å². The number of amides is 1. The normalized spacial score (nSPS) is 11.8. The molecular formula is C18H27NO6. The number of hydrogen-bond acceptors (Lipinski definition) is 6. The Balaban J connectivity index is 2.70. The zero-order valence-corrected chi connectivity index (χ0v) is 15.5. The molecule has 7 nitrogen and oxygen atoms in total. The maximum atomic E-state index is 12.2. The van der Waals surface area contributed by atoms with Crippen molar-refractivity contribution >= 4 is 11.9 Å². The molecule has 0 bridgehead atoms. The third-order valence-electron chi connectivity index (χ3n) is 3.23. The molecule has 0 spiro atoms. The highest BCUT2D eigenvalue weighted by molar-refractivity contribution is 5.92. The van der Waals surface area contributed by atoms with Gasteiger partial charge in [-0.1, -0.05) is 13.8 Å². The minimum absolute atomic E-state index is 0.283. The molecule has 7 heteroatoms. The van der Waals surface area contributed by atoms with Crippen molar-refractivity contribution in [2.75, 3.05) is 34.0 Å². The zero-order valence-electron chi connectivity index (χ0n) is 15.5. The highest BCUT2D eigenvalue weighted by Gasteiger charge is 2.20. The van der Waals surface area contributed by atoms with Gasteiger partial charge in [-0.05, 0) is 31.0 Å². The Labute approximate surface area is 148 Å². The lowest BCUT2D eigenvalue weighted by Gasteiger charge is -2.15. The summed E-state index contributed by atoms with van der Waals surface area (Å²) in [5.41, 5.74) is 0.283. The van der Waals surface area contributed by atoms with Crippen molar-refractivity contribution in [3.63, 3.8) is 0 Å². The Hall–Kier alpha value is -2.28. The molecule has 0 aliphatic carbocycles. The van der Waals surface area contributed by atoms with Crippen LogP contribution in [-0.4, -0.2) is 52.0 Å². The third-order valence-corrected chi connectivity index (χ3v) is 3.23. The van der Waals surface area contributed by atoms with Crippen LogP contribution in [0.5, 0.6) is 11.5 Å². The molecule has 25 heavy (non-hydrogen) atoms. The van der Waals surface area contributed by atoms with E-state index in [0.29, 0.717) is 37.2 Å². The first kappa shape index (κ1) is 20.8. The molecule has 1 aromatic carbocycles. The van der Waals surface area contributed by atoms with Gasteiger partial charge in [0.15, 0.2) is 17.6 Å². The molecule has 0 unspecified atom stereocenters. The first-order valence-corrected chi connectivity index (χ1v) is 8.17. The topological polar surface area (TPSA) is 83.1 Å². The van der Waals surface area contributed by atoms with Crippen molar-refractivity contribution in [1.82, 2.24) is 5.32 Å². The molecule has 0 aliphatic rings. The van der Waals surface area contributed by atoms with Gasteiger partial charge in [0.25, 0.3) is 5.91 Å². The Kier molecular flexibility index (Phi) is 8.77. The molecule has 0 fully saturated rings. The summed E-state index contributed by atoms with van der Waals surface area (Å²) in [5, 5.41) is 2.61. The Morgan fingerprint density at radius 3 is 2.44 bits per heavy atom. The highest BCUT2D eigenvalue weighted by atomic mass is 16.5. The molecule has 1 atom stereocenters. The van der Waals surface area contributed by atoms with Gasteiger partial charge in [-0.25, -0.2) is 4.79 Å². The smallest absolute Gasteiger partial charge is 0.339 e. The van der Waals surface area contributed by atoms with E-state index >= 15 is 0 Å². The van der Waals surface area contributed by atoms with Crippen molar-refractivity contribution in [2.24, 2.45) is 5.92 Å². The van der Waals surface area contributed by atoms with Gasteiger partial charge in [0, 0.05) is 13.7 Å². The molecule has 0 aliphatic heterocycles. The number of methoxy groups -OCH3 is 2. The second-order valence-corrected chi connectivity index (χ2v) is 5.90. The quantitative estimate of drug-likeness (QED) is 0.512. The molecule has 1 amide bonds. The summed E-state index contributed by atoms with van der Waals surface area (Å²) in [6.45, 7) is 6.87. The van der Waals surface area contributed by atoms with Gasteiger partial charge in [0.2, 0.25) is 0 Å². The summed E-state index contributed by atoms with van der Waals surface area (Å²) in [6, 6.07) is 4.77. The van der Waals surface area contributed by atoms with Crippen LogP contribution in [0.3, 0.4) is 0 Å². The highest BCUT2D eigenvalue weighted by Crippen LogP contribution is 2.28. The maximum Gasteiger partial charge on any atom is 0.339 e. The van der Waals surface area contributed by atoms with E-state index in [2.05, 4.69) is 5.32 Å². The van der Waals surface area contributed by atoms with E-state index in [4.69, 9.17) is 18.9 Å². The van der Waals surface area contributed by atoms with Crippen molar-refractivity contribution in [3.8, 4) is 11.5 Å². The monoisotopic (exact) mass is 353 g/mol. The SMILES string of the molecule is COCCNC(=O)[C@@H](C)OC(=O)c1ccc(OCC(C)C)c(OC)c1. The fourth-order valence-corrected chi connectivity index (χ4v) is 1.87. The summed E-state index contributed by atoms with van der Waals surface area (Å²) >= 11 is 0. The van der Waals surface area contributed by atoms with Gasteiger partial charge in [-0.15, -0.1) is 0 Å². The zero-order chi connectivity index (χ0) is 18.8. The number of rotatable bonds is 10. The van der Waals surface area contributed by atoms with Crippen molar-refractivity contribution in [3.05, 3.63) is 23.8 Å². The van der Waals surface area contributed by atoms with Crippen LogP contribution in [0.1, 0.15) is 31.1 Å². The standard InChI is InChI=1S/C18H27NO6/c1-12(2)11-24-15-7-6-14(10-16(15)23-5)18(21)25-13(3)17(20)19-8-9-22-4/h6-7,10,12-13H,8-9,11H2,1-5H3,(H,19,20)/t13-/m1/s1. The van der Waals surface area contributed by atoms with Crippen molar-refractivity contribution < 1.29 is 28.5 Å². The predicted molar refractivity (Wildman–Crippen MR) is 93.1 cm³/mol. The van der Waals surface area contributed by atoms with Gasteiger partial charge < -0.3 is 24.3 Å². The minimum atomic E-state index is -0.910.